The molecule has 6 N–H and O–H groups in total. The smallest absolute Gasteiger partial charge is 0.407 e. The summed E-state index contributed by atoms with van der Waals surface area (Å²) >= 11 is 0. The van der Waals surface area contributed by atoms with E-state index in [0.29, 0.717) is 57.2 Å². The lowest BCUT2D eigenvalue weighted by molar-refractivity contribution is -0.167. The Morgan fingerprint density at radius 1 is 0.571 bits per heavy atom. The number of nitrogens with one attached hydrogen (secondary N) is 4. The predicted octanol–water partition coefficient (Wildman–Crippen LogP) is 17.5. The average molecular weight is 1280 g/mol. The number of aromatic amines is 1. The van der Waals surface area contributed by atoms with Crippen LogP contribution in [0.1, 0.15) is 317 Å². The standard InChI is InChI=1S/C74H129N5O12/c1-8-11-14-35-44-62(80)46-37-29-23-17-20-26-32-41-50-67(83)88-56-65(57-89-68(84)51-42-33-27-21-18-24-30-38-47-63(81)45-36-15-12-9-2)90-69(85)52-43-34-28-22-19-25-31-40-49-64(48-39-16-13-10-3)91-72(87)77-61-54-73(5,6)58-74(7,55-61)59-75-71(86)79-70-76-60(4)53-66(82)78-70/h29-31,37-38,40,53,61-65,80-81H,8-28,32-36,39,41-52,54-59H2,1-7H3,(H,77,87)(H3,75,76,78,79,82,86). The molecule has 2 rings (SSSR count). The Hall–Kier alpha value is -5.03. The highest BCUT2D eigenvalue weighted by molar-refractivity contribution is 5.87. The minimum Gasteiger partial charge on any atom is -0.462 e. The first-order valence-corrected chi connectivity index (χ1v) is 36.3. The molecule has 1 heterocycles. The topological polar surface area (TPSA) is 245 Å². The lowest BCUT2D eigenvalue weighted by Gasteiger charge is -2.46. The van der Waals surface area contributed by atoms with Crippen molar-refractivity contribution < 1.29 is 53.1 Å². The number of urea groups is 1. The second kappa shape index (κ2) is 52.4. The number of alkyl carbamates (subject to hydrolysis) is 1. The number of carbonyl (C=O) groups excluding carboxylic acids is 5. The van der Waals surface area contributed by atoms with Gasteiger partial charge in [0, 0.05) is 50.0 Å². The molecule has 17 heteroatoms. The van der Waals surface area contributed by atoms with Gasteiger partial charge in [0.2, 0.25) is 5.95 Å². The number of nitrogens with zero attached hydrogens (tertiary/aromatic N) is 1. The predicted molar refractivity (Wildman–Crippen MR) is 368 cm³/mol. The number of hydrogen-bond acceptors (Lipinski definition) is 13. The Balaban J connectivity index is 1.79. The molecule has 3 amide bonds. The van der Waals surface area contributed by atoms with Gasteiger partial charge < -0.3 is 39.8 Å². The number of rotatable bonds is 55. The number of hydrogen-bond donors (Lipinski definition) is 6. The summed E-state index contributed by atoms with van der Waals surface area (Å²) in [6.07, 6.45) is 49.0. The molecular formula is C74H129N5O12. The maximum absolute atomic E-state index is 13.5. The fraction of sp³-hybridized carbons (Fsp3) is 0.797. The van der Waals surface area contributed by atoms with Crippen LogP contribution in [0.5, 0.6) is 0 Å². The highest BCUT2D eigenvalue weighted by Gasteiger charge is 2.42. The highest BCUT2D eigenvalue weighted by atomic mass is 16.6. The molecular weight excluding hydrogens is 1150 g/mol. The molecule has 0 aliphatic heterocycles. The van der Waals surface area contributed by atoms with Gasteiger partial charge in [0.05, 0.1) is 12.2 Å². The number of esters is 3. The van der Waals surface area contributed by atoms with Crippen LogP contribution in [0.4, 0.5) is 15.5 Å². The van der Waals surface area contributed by atoms with E-state index in [1.54, 1.807) is 6.92 Å². The summed E-state index contributed by atoms with van der Waals surface area (Å²) < 4.78 is 23.0. The van der Waals surface area contributed by atoms with E-state index >= 15 is 0 Å². The van der Waals surface area contributed by atoms with Crippen LogP contribution in [0.25, 0.3) is 0 Å². The van der Waals surface area contributed by atoms with E-state index in [2.05, 4.69) is 104 Å². The van der Waals surface area contributed by atoms with Gasteiger partial charge in [-0.2, -0.15) is 0 Å². The number of carbonyl (C=O) groups is 5. The number of unbranched alkanes of at least 4 members (excludes halogenated alkanes) is 24. The first kappa shape index (κ1) is 82.1. The zero-order valence-electron chi connectivity index (χ0n) is 58.2. The minimum absolute atomic E-state index is 0.0848. The highest BCUT2D eigenvalue weighted by Crippen LogP contribution is 2.46. The van der Waals surface area contributed by atoms with Crippen LogP contribution in [-0.2, 0) is 33.3 Å². The molecule has 1 aromatic rings. The summed E-state index contributed by atoms with van der Waals surface area (Å²) in [5, 5.41) is 29.1. The molecule has 0 radical (unpaired) electrons. The van der Waals surface area contributed by atoms with E-state index in [9.17, 15) is 39.0 Å². The first-order chi connectivity index (χ1) is 43.8. The lowest BCUT2D eigenvalue weighted by Crippen LogP contribution is -2.51. The van der Waals surface area contributed by atoms with Crippen LogP contribution in [0.2, 0.25) is 0 Å². The first-order valence-electron chi connectivity index (χ1n) is 36.3. The fourth-order valence-electron chi connectivity index (χ4n) is 12.3. The van der Waals surface area contributed by atoms with Crippen molar-refractivity contribution >= 4 is 36.0 Å². The second-order valence-corrected chi connectivity index (χ2v) is 27.3. The third kappa shape index (κ3) is 46.7. The summed E-state index contributed by atoms with van der Waals surface area (Å²) in [5.41, 5.74) is -0.246. The van der Waals surface area contributed by atoms with Crippen molar-refractivity contribution in [2.75, 3.05) is 25.1 Å². The van der Waals surface area contributed by atoms with E-state index in [1.165, 1.54) is 44.6 Å². The molecule has 1 fully saturated rings. The second-order valence-electron chi connectivity index (χ2n) is 27.3. The van der Waals surface area contributed by atoms with Gasteiger partial charge in [-0.1, -0.05) is 206 Å². The van der Waals surface area contributed by atoms with Crippen LogP contribution < -0.4 is 21.5 Å². The van der Waals surface area contributed by atoms with Gasteiger partial charge in [-0.3, -0.25) is 29.5 Å². The molecule has 5 atom stereocenters. The molecule has 522 valence electrons. The SMILES string of the molecule is CCCCCCC(O)CC=CCCCCCCCC(=O)OCC(COC(=O)CCCCCCCC=CCC(O)CCCCCC)OC(=O)CCCCCCCC=CCC(CCCCCC)OC(=O)NC1CC(C)(C)CC(C)(CNC(=O)Nc2nc(C)cc(=O)[nH]2)C1. The van der Waals surface area contributed by atoms with Gasteiger partial charge in [0.25, 0.3) is 5.56 Å². The molecule has 91 heavy (non-hydrogen) atoms. The summed E-state index contributed by atoms with van der Waals surface area (Å²) in [6, 6.07) is 0.756. The van der Waals surface area contributed by atoms with Crippen LogP contribution in [-0.4, -0.2) is 100 Å². The molecule has 5 unspecified atom stereocenters. The van der Waals surface area contributed by atoms with Crippen molar-refractivity contribution in [2.24, 2.45) is 10.8 Å². The third-order valence-corrected chi connectivity index (χ3v) is 17.1. The van der Waals surface area contributed by atoms with Crippen molar-refractivity contribution in [3.8, 4) is 0 Å². The van der Waals surface area contributed by atoms with E-state index < -0.39 is 24.2 Å². The number of aliphatic hydroxyl groups excluding tert-OH is 2. The molecule has 1 saturated carbocycles. The van der Waals surface area contributed by atoms with E-state index in [1.807, 2.05) is 0 Å². The van der Waals surface area contributed by atoms with Crippen molar-refractivity contribution in [2.45, 2.75) is 349 Å². The number of aromatic nitrogens is 2. The van der Waals surface area contributed by atoms with Gasteiger partial charge in [-0.25, -0.2) is 14.6 Å². The largest absolute Gasteiger partial charge is 0.462 e. The number of allylic oxidation sites excluding steroid dienone is 3. The molecule has 0 saturated heterocycles. The summed E-state index contributed by atoms with van der Waals surface area (Å²) in [5.74, 6) is -1.04. The molecule has 0 bridgehead atoms. The maximum atomic E-state index is 13.5. The van der Waals surface area contributed by atoms with Gasteiger partial charge >= 0.3 is 30.0 Å². The van der Waals surface area contributed by atoms with Gasteiger partial charge in [0.15, 0.2) is 6.10 Å². The normalized spacial score (nSPS) is 17.0. The quantitative estimate of drug-likeness (QED) is 0.0154. The summed E-state index contributed by atoms with van der Waals surface area (Å²) in [7, 11) is 0. The van der Waals surface area contributed by atoms with E-state index in [0.717, 1.165) is 167 Å². The molecule has 1 aromatic heterocycles. The number of amides is 3. The van der Waals surface area contributed by atoms with Crippen molar-refractivity contribution in [3.05, 3.63) is 58.6 Å². The number of aryl methyl sites for hydroxylation is 1. The number of anilines is 1. The summed E-state index contributed by atoms with van der Waals surface area (Å²) in [6.45, 7) is 14.8. The Kier molecular flexibility index (Phi) is 47.2. The van der Waals surface area contributed by atoms with E-state index in [4.69, 9.17) is 18.9 Å². The van der Waals surface area contributed by atoms with Crippen LogP contribution >= 0.6 is 0 Å². The lowest BCUT2D eigenvalue weighted by atomic mass is 9.62. The van der Waals surface area contributed by atoms with Gasteiger partial charge in [-0.05, 0) is 133 Å². The van der Waals surface area contributed by atoms with Gasteiger partial charge in [-0.15, -0.1) is 0 Å². The number of H-pyrrole nitrogens is 1. The Labute approximate surface area is 550 Å². The molecule has 1 aliphatic carbocycles. The molecule has 0 aromatic carbocycles. The van der Waals surface area contributed by atoms with E-state index in [-0.39, 0.29) is 91.1 Å². The zero-order valence-corrected chi connectivity index (χ0v) is 58.2. The Morgan fingerprint density at radius 3 is 1.52 bits per heavy atom. The van der Waals surface area contributed by atoms with Gasteiger partial charge in [0.1, 0.15) is 19.3 Å². The van der Waals surface area contributed by atoms with Crippen molar-refractivity contribution in [1.29, 1.82) is 0 Å². The minimum atomic E-state index is -0.885. The molecule has 1 aliphatic rings. The van der Waals surface area contributed by atoms with Crippen molar-refractivity contribution in [3.63, 3.8) is 0 Å². The summed E-state index contributed by atoms with van der Waals surface area (Å²) in [4.78, 5) is 83.6. The maximum Gasteiger partial charge on any atom is 0.407 e. The Morgan fingerprint density at radius 2 is 1.02 bits per heavy atom. The van der Waals surface area contributed by atoms with Crippen LogP contribution in [0.3, 0.4) is 0 Å². The number of ether oxygens (including phenoxy) is 4. The van der Waals surface area contributed by atoms with Crippen LogP contribution in [0.15, 0.2) is 47.3 Å². The third-order valence-electron chi connectivity index (χ3n) is 17.1. The Bertz CT molecular complexity index is 2170. The zero-order chi connectivity index (χ0) is 66.6. The fourth-order valence-corrected chi connectivity index (χ4v) is 12.3. The van der Waals surface area contributed by atoms with Crippen molar-refractivity contribution in [1.82, 2.24) is 20.6 Å². The number of aliphatic hydroxyl groups is 2. The molecule has 17 nitrogen and oxygen atoms in total. The molecule has 0 spiro atoms. The average Bonchev–Trinajstić information content (AvgIpc) is 1.10. The van der Waals surface area contributed by atoms with Crippen LogP contribution in [0, 0.1) is 17.8 Å². The monoisotopic (exact) mass is 1280 g/mol.